The van der Waals surface area contributed by atoms with E-state index in [1.807, 2.05) is 37.3 Å². The second kappa shape index (κ2) is 9.07. The van der Waals surface area contributed by atoms with Crippen molar-refractivity contribution in [1.82, 2.24) is 9.71 Å². The highest BCUT2D eigenvalue weighted by molar-refractivity contribution is 7.99. The first-order valence-corrected chi connectivity index (χ1v) is 12.3. The zero-order valence-corrected chi connectivity index (χ0v) is 18.6. The second-order valence-corrected chi connectivity index (χ2v) is 9.87. The normalized spacial score (nSPS) is 13.8. The van der Waals surface area contributed by atoms with E-state index in [9.17, 15) is 13.2 Å². The Bertz CT molecular complexity index is 1270. The molecular weight excluding hydrogens is 432 g/mol. The fourth-order valence-electron chi connectivity index (χ4n) is 3.31. The summed E-state index contributed by atoms with van der Waals surface area (Å²) in [5.74, 6) is 0.404. The predicted octanol–water partition coefficient (Wildman–Crippen LogP) is 3.74. The molecule has 2 N–H and O–H groups in total. The van der Waals surface area contributed by atoms with Crippen molar-refractivity contribution in [2.24, 2.45) is 4.99 Å². The first-order chi connectivity index (χ1) is 14.9. The number of pyridine rings is 1. The number of fused-ring (bicyclic) bond motifs is 1. The zero-order valence-electron chi connectivity index (χ0n) is 17.0. The number of hydrogen-bond donors (Lipinski definition) is 2. The third-order valence-electron chi connectivity index (χ3n) is 4.81. The molecule has 0 unspecified atom stereocenters. The standard InChI is InChI=1S/C22H22N4O3S2/c1-15-12-22(25-19-9-3-2-8-18(15)19)30-14-21(27)24-16-6-4-7-17(13-16)31(28,29)26-20-10-5-11-23-20/h2-4,6-9,12-13H,5,10-11,14H2,1H3,(H,23,26)(H,24,27). The lowest BCUT2D eigenvalue weighted by molar-refractivity contribution is -0.113. The Morgan fingerprint density at radius 1 is 1.13 bits per heavy atom. The van der Waals surface area contributed by atoms with Crippen molar-refractivity contribution in [1.29, 1.82) is 0 Å². The van der Waals surface area contributed by atoms with Gasteiger partial charge in [0.15, 0.2) is 0 Å². The first kappa shape index (κ1) is 21.3. The quantitative estimate of drug-likeness (QED) is 0.553. The van der Waals surface area contributed by atoms with E-state index in [0.29, 0.717) is 24.5 Å². The van der Waals surface area contributed by atoms with Crippen molar-refractivity contribution in [2.75, 3.05) is 17.6 Å². The van der Waals surface area contributed by atoms with Crippen molar-refractivity contribution in [3.8, 4) is 0 Å². The van der Waals surface area contributed by atoms with E-state index < -0.39 is 10.0 Å². The molecule has 160 valence electrons. The summed E-state index contributed by atoms with van der Waals surface area (Å²) in [6, 6.07) is 16.0. The number of carbonyl (C=O) groups excluding carboxylic acids is 1. The summed E-state index contributed by atoms with van der Waals surface area (Å²) < 4.78 is 27.6. The third kappa shape index (κ3) is 5.23. The number of rotatable bonds is 6. The molecule has 1 aromatic heterocycles. The van der Waals surface area contributed by atoms with Gasteiger partial charge >= 0.3 is 0 Å². The summed E-state index contributed by atoms with van der Waals surface area (Å²) in [5.41, 5.74) is 2.41. The molecule has 31 heavy (non-hydrogen) atoms. The Labute approximate surface area is 185 Å². The molecule has 9 heteroatoms. The lowest BCUT2D eigenvalue weighted by atomic mass is 10.1. The minimum absolute atomic E-state index is 0.0828. The molecule has 4 rings (SSSR count). The highest BCUT2D eigenvalue weighted by Gasteiger charge is 2.19. The van der Waals surface area contributed by atoms with Gasteiger partial charge in [0, 0.05) is 24.0 Å². The number of aromatic nitrogens is 1. The molecule has 0 spiro atoms. The van der Waals surface area contributed by atoms with Crippen LogP contribution in [-0.4, -0.2) is 37.4 Å². The molecule has 0 atom stereocenters. The van der Waals surface area contributed by atoms with Crippen LogP contribution in [0.4, 0.5) is 5.69 Å². The highest BCUT2D eigenvalue weighted by atomic mass is 32.2. The molecular formula is C22H22N4O3S2. The number of nitrogens with zero attached hydrogens (tertiary/aromatic N) is 2. The zero-order chi connectivity index (χ0) is 21.8. The van der Waals surface area contributed by atoms with Crippen LogP contribution in [0.5, 0.6) is 0 Å². The van der Waals surface area contributed by atoms with Crippen LogP contribution in [0.1, 0.15) is 18.4 Å². The van der Waals surface area contributed by atoms with E-state index in [4.69, 9.17) is 0 Å². The summed E-state index contributed by atoms with van der Waals surface area (Å²) in [4.78, 5) is 21.3. The molecule has 0 saturated heterocycles. The molecule has 0 radical (unpaired) electrons. The lowest BCUT2D eigenvalue weighted by Crippen LogP contribution is -2.29. The maximum Gasteiger partial charge on any atom is 0.262 e. The minimum atomic E-state index is -3.73. The van der Waals surface area contributed by atoms with Crippen molar-refractivity contribution in [2.45, 2.75) is 29.7 Å². The van der Waals surface area contributed by atoms with E-state index in [1.165, 1.54) is 23.9 Å². The SMILES string of the molecule is Cc1cc(SCC(=O)Nc2cccc(S(=O)(=O)NC3=NCCC3)c2)nc2ccccc12. The van der Waals surface area contributed by atoms with E-state index in [2.05, 4.69) is 20.0 Å². The summed E-state index contributed by atoms with van der Waals surface area (Å²) in [7, 11) is -3.73. The fraction of sp³-hybridized carbons (Fsp3) is 0.227. The van der Waals surface area contributed by atoms with Crippen molar-refractivity contribution < 1.29 is 13.2 Å². The molecule has 2 aromatic carbocycles. The number of sulfonamides is 1. The molecule has 2 heterocycles. The van der Waals surface area contributed by atoms with Gasteiger partial charge < -0.3 is 5.32 Å². The van der Waals surface area contributed by atoms with Crippen molar-refractivity contribution >= 4 is 50.1 Å². The Kier molecular flexibility index (Phi) is 6.24. The molecule has 0 saturated carbocycles. The van der Waals surface area contributed by atoms with Gasteiger partial charge in [-0.3, -0.25) is 14.5 Å². The van der Waals surface area contributed by atoms with Gasteiger partial charge in [0.25, 0.3) is 10.0 Å². The van der Waals surface area contributed by atoms with Gasteiger partial charge in [0.2, 0.25) is 5.91 Å². The number of aliphatic imine (C=N–C) groups is 1. The van der Waals surface area contributed by atoms with Crippen LogP contribution in [0.2, 0.25) is 0 Å². The van der Waals surface area contributed by atoms with Gasteiger partial charge in [-0.1, -0.05) is 36.0 Å². The van der Waals surface area contributed by atoms with Crippen molar-refractivity contribution in [3.05, 3.63) is 60.2 Å². The van der Waals surface area contributed by atoms with Gasteiger partial charge in [-0.25, -0.2) is 13.4 Å². The number of hydrogen-bond acceptors (Lipinski definition) is 6. The third-order valence-corrected chi connectivity index (χ3v) is 7.10. The Hall–Kier alpha value is -2.91. The number of amides is 1. The van der Waals surface area contributed by atoms with Crippen LogP contribution in [0.15, 0.2) is 69.5 Å². The number of thioether (sulfide) groups is 1. The average Bonchev–Trinajstić information content (AvgIpc) is 3.25. The Morgan fingerprint density at radius 3 is 2.77 bits per heavy atom. The van der Waals surface area contributed by atoms with Crippen LogP contribution in [-0.2, 0) is 14.8 Å². The number of para-hydroxylation sites is 1. The van der Waals surface area contributed by atoms with Crippen LogP contribution < -0.4 is 10.0 Å². The average molecular weight is 455 g/mol. The van der Waals surface area contributed by atoms with Crippen LogP contribution in [0.25, 0.3) is 10.9 Å². The van der Waals surface area contributed by atoms with Crippen LogP contribution >= 0.6 is 11.8 Å². The fourth-order valence-corrected chi connectivity index (χ4v) is 5.22. The molecule has 0 bridgehead atoms. The maximum absolute atomic E-state index is 12.6. The maximum atomic E-state index is 12.6. The molecule has 1 aliphatic heterocycles. The van der Waals surface area contributed by atoms with E-state index in [-0.39, 0.29) is 16.6 Å². The number of aryl methyl sites for hydroxylation is 1. The number of nitrogens with one attached hydrogen (secondary N) is 2. The van der Waals surface area contributed by atoms with E-state index in [1.54, 1.807) is 12.1 Å². The monoisotopic (exact) mass is 454 g/mol. The van der Waals surface area contributed by atoms with Gasteiger partial charge in [-0.2, -0.15) is 0 Å². The van der Waals surface area contributed by atoms with Gasteiger partial charge in [0.1, 0.15) is 5.84 Å². The number of benzene rings is 2. The molecule has 7 nitrogen and oxygen atoms in total. The Morgan fingerprint density at radius 2 is 1.97 bits per heavy atom. The van der Waals surface area contributed by atoms with Gasteiger partial charge in [0.05, 0.1) is 21.2 Å². The molecule has 1 amide bonds. The van der Waals surface area contributed by atoms with E-state index >= 15 is 0 Å². The molecule has 0 fully saturated rings. The predicted molar refractivity (Wildman–Crippen MR) is 124 cm³/mol. The Balaban J connectivity index is 1.40. The number of anilines is 1. The minimum Gasteiger partial charge on any atom is -0.325 e. The summed E-state index contributed by atoms with van der Waals surface area (Å²) in [5, 5.41) is 4.62. The smallest absolute Gasteiger partial charge is 0.262 e. The molecule has 1 aliphatic rings. The summed E-state index contributed by atoms with van der Waals surface area (Å²) >= 11 is 1.34. The lowest BCUT2D eigenvalue weighted by Gasteiger charge is -2.10. The van der Waals surface area contributed by atoms with E-state index in [0.717, 1.165) is 27.9 Å². The van der Waals surface area contributed by atoms with Gasteiger partial charge in [-0.05, 0) is 49.2 Å². The second-order valence-electron chi connectivity index (χ2n) is 7.20. The number of amidine groups is 1. The molecule has 3 aromatic rings. The van der Waals surface area contributed by atoms with Gasteiger partial charge in [-0.15, -0.1) is 0 Å². The topological polar surface area (TPSA) is 101 Å². The first-order valence-electron chi connectivity index (χ1n) is 9.86. The van der Waals surface area contributed by atoms with Crippen LogP contribution in [0, 0.1) is 6.92 Å². The molecule has 0 aliphatic carbocycles. The highest BCUT2D eigenvalue weighted by Crippen LogP contribution is 2.24. The summed E-state index contributed by atoms with van der Waals surface area (Å²) in [6.45, 7) is 2.66. The van der Waals surface area contributed by atoms with Crippen LogP contribution in [0.3, 0.4) is 0 Å². The number of carbonyl (C=O) groups is 1. The largest absolute Gasteiger partial charge is 0.325 e. The summed E-state index contributed by atoms with van der Waals surface area (Å²) in [6.07, 6.45) is 1.46. The van der Waals surface area contributed by atoms with Crippen molar-refractivity contribution in [3.63, 3.8) is 0 Å².